The SMILES string of the molecule is O=C(Nc1nnc(Cc2ccc(F)cc2)o1)c1ccc(N2C(=O)CCC2=O)cc1. The highest BCUT2D eigenvalue weighted by molar-refractivity contribution is 6.20. The Morgan fingerprint density at radius 3 is 2.31 bits per heavy atom. The molecule has 1 aliphatic heterocycles. The zero-order valence-electron chi connectivity index (χ0n) is 15.1. The summed E-state index contributed by atoms with van der Waals surface area (Å²) < 4.78 is 18.3. The molecule has 0 unspecified atom stereocenters. The maximum atomic E-state index is 13.0. The highest BCUT2D eigenvalue weighted by atomic mass is 19.1. The number of carbonyl (C=O) groups excluding carboxylic acids is 3. The molecular weight excluding hydrogens is 379 g/mol. The van der Waals surface area contributed by atoms with E-state index in [4.69, 9.17) is 4.42 Å². The molecule has 4 rings (SSSR count). The fourth-order valence-corrected chi connectivity index (χ4v) is 2.95. The molecule has 0 spiro atoms. The number of amides is 3. The largest absolute Gasteiger partial charge is 0.407 e. The van der Waals surface area contributed by atoms with Crippen LogP contribution in [0.25, 0.3) is 0 Å². The lowest BCUT2D eigenvalue weighted by molar-refractivity contribution is -0.121. The molecule has 0 atom stereocenters. The molecule has 3 aromatic rings. The first kappa shape index (κ1) is 18.5. The smallest absolute Gasteiger partial charge is 0.322 e. The summed E-state index contributed by atoms with van der Waals surface area (Å²) >= 11 is 0. The number of nitrogens with zero attached hydrogens (tertiary/aromatic N) is 3. The first-order valence-corrected chi connectivity index (χ1v) is 8.83. The van der Waals surface area contributed by atoms with Crippen molar-refractivity contribution in [2.45, 2.75) is 19.3 Å². The van der Waals surface area contributed by atoms with Crippen molar-refractivity contribution in [3.63, 3.8) is 0 Å². The Bertz CT molecular complexity index is 1060. The van der Waals surface area contributed by atoms with E-state index in [1.807, 2.05) is 0 Å². The highest BCUT2D eigenvalue weighted by Gasteiger charge is 2.30. The van der Waals surface area contributed by atoms with Crippen LogP contribution in [-0.4, -0.2) is 27.9 Å². The summed E-state index contributed by atoms with van der Waals surface area (Å²) in [6, 6.07) is 11.9. The van der Waals surface area contributed by atoms with Gasteiger partial charge < -0.3 is 4.42 Å². The number of rotatable bonds is 5. The van der Waals surface area contributed by atoms with Crippen molar-refractivity contribution < 1.29 is 23.2 Å². The number of hydrogen-bond donors (Lipinski definition) is 1. The summed E-state index contributed by atoms with van der Waals surface area (Å²) in [5.74, 6) is -1.06. The number of nitrogens with one attached hydrogen (secondary N) is 1. The third kappa shape index (κ3) is 4.03. The summed E-state index contributed by atoms with van der Waals surface area (Å²) in [4.78, 5) is 37.0. The Balaban J connectivity index is 1.40. The average Bonchev–Trinajstić information content (AvgIpc) is 3.29. The maximum absolute atomic E-state index is 13.0. The summed E-state index contributed by atoms with van der Waals surface area (Å²) in [7, 11) is 0. The van der Waals surface area contributed by atoms with Crippen molar-refractivity contribution >= 4 is 29.4 Å². The Labute approximate surface area is 164 Å². The molecule has 1 fully saturated rings. The molecule has 0 aliphatic carbocycles. The first-order chi connectivity index (χ1) is 14.0. The van der Waals surface area contributed by atoms with Crippen LogP contribution in [-0.2, 0) is 16.0 Å². The number of hydrogen-bond acceptors (Lipinski definition) is 6. The third-order valence-electron chi connectivity index (χ3n) is 4.40. The first-order valence-electron chi connectivity index (χ1n) is 8.83. The molecule has 1 N–H and O–H groups in total. The lowest BCUT2D eigenvalue weighted by atomic mass is 10.1. The van der Waals surface area contributed by atoms with Gasteiger partial charge in [0.15, 0.2) is 0 Å². The van der Waals surface area contributed by atoms with E-state index in [0.717, 1.165) is 10.5 Å². The molecular formula is C20H15FN4O4. The van der Waals surface area contributed by atoms with Crippen LogP contribution in [0.3, 0.4) is 0 Å². The fourth-order valence-electron chi connectivity index (χ4n) is 2.95. The average molecular weight is 394 g/mol. The zero-order chi connectivity index (χ0) is 20.4. The number of aromatic nitrogens is 2. The predicted molar refractivity (Wildman–Crippen MR) is 99.6 cm³/mol. The van der Waals surface area contributed by atoms with Crippen molar-refractivity contribution in [2.75, 3.05) is 10.2 Å². The zero-order valence-corrected chi connectivity index (χ0v) is 15.1. The topological polar surface area (TPSA) is 105 Å². The molecule has 0 radical (unpaired) electrons. The van der Waals surface area contributed by atoms with Crippen molar-refractivity contribution in [1.82, 2.24) is 10.2 Å². The van der Waals surface area contributed by atoms with Crippen LogP contribution in [0.4, 0.5) is 16.1 Å². The van der Waals surface area contributed by atoms with Crippen LogP contribution in [0.1, 0.15) is 34.7 Å². The molecule has 2 aromatic carbocycles. The predicted octanol–water partition coefficient (Wildman–Crippen LogP) is 2.71. The molecule has 2 heterocycles. The van der Waals surface area contributed by atoms with E-state index in [9.17, 15) is 18.8 Å². The molecule has 0 bridgehead atoms. The number of halogens is 1. The summed E-state index contributed by atoms with van der Waals surface area (Å²) in [5.41, 5.74) is 1.51. The highest BCUT2D eigenvalue weighted by Crippen LogP contribution is 2.23. The normalized spacial score (nSPS) is 13.8. The molecule has 29 heavy (non-hydrogen) atoms. The van der Waals surface area contributed by atoms with Gasteiger partial charge in [0.2, 0.25) is 17.7 Å². The van der Waals surface area contributed by atoms with E-state index in [0.29, 0.717) is 17.7 Å². The minimum atomic E-state index is -0.479. The summed E-state index contributed by atoms with van der Waals surface area (Å²) in [6.07, 6.45) is 0.687. The lowest BCUT2D eigenvalue weighted by Gasteiger charge is -2.13. The molecule has 146 valence electrons. The standard InChI is InChI=1S/C20H15FN4O4/c21-14-5-1-12(2-6-14)11-16-23-24-20(29-16)22-19(28)13-3-7-15(8-4-13)25-17(26)9-10-18(25)27/h1-8H,9-11H2,(H,22,24,28). The molecule has 1 saturated heterocycles. The van der Waals surface area contributed by atoms with Gasteiger partial charge in [-0.15, -0.1) is 5.10 Å². The quantitative estimate of drug-likeness (QED) is 0.667. The van der Waals surface area contributed by atoms with E-state index >= 15 is 0 Å². The molecule has 9 heteroatoms. The van der Waals surface area contributed by atoms with Gasteiger partial charge in [0, 0.05) is 18.4 Å². The van der Waals surface area contributed by atoms with Crippen LogP contribution < -0.4 is 10.2 Å². The van der Waals surface area contributed by atoms with Crippen LogP contribution in [0, 0.1) is 5.82 Å². The molecule has 8 nitrogen and oxygen atoms in total. The number of anilines is 2. The molecule has 1 aromatic heterocycles. The van der Waals surface area contributed by atoms with Crippen molar-refractivity contribution in [3.05, 3.63) is 71.4 Å². The van der Waals surface area contributed by atoms with Crippen molar-refractivity contribution in [3.8, 4) is 0 Å². The second-order valence-corrected chi connectivity index (χ2v) is 6.43. The number of carbonyl (C=O) groups is 3. The van der Waals surface area contributed by atoms with Crippen LogP contribution in [0.15, 0.2) is 52.9 Å². The third-order valence-corrected chi connectivity index (χ3v) is 4.40. The minimum absolute atomic E-state index is 0.0684. The van der Waals surface area contributed by atoms with Gasteiger partial charge in [0.1, 0.15) is 5.82 Å². The van der Waals surface area contributed by atoms with Crippen LogP contribution in [0.2, 0.25) is 0 Å². The van der Waals surface area contributed by atoms with E-state index in [2.05, 4.69) is 15.5 Å². The monoisotopic (exact) mass is 394 g/mol. The van der Waals surface area contributed by atoms with Gasteiger partial charge in [-0.2, -0.15) is 0 Å². The Hall–Kier alpha value is -3.88. The number of imide groups is 1. The van der Waals surface area contributed by atoms with Gasteiger partial charge in [-0.05, 0) is 42.0 Å². The van der Waals surface area contributed by atoms with Gasteiger partial charge in [0.05, 0.1) is 12.1 Å². The number of benzene rings is 2. The molecule has 1 aliphatic rings. The second kappa shape index (κ2) is 7.63. The maximum Gasteiger partial charge on any atom is 0.322 e. The van der Waals surface area contributed by atoms with Crippen LogP contribution in [0.5, 0.6) is 0 Å². The van der Waals surface area contributed by atoms with Gasteiger partial charge in [-0.25, -0.2) is 4.39 Å². The second-order valence-electron chi connectivity index (χ2n) is 6.43. The van der Waals surface area contributed by atoms with E-state index in [1.54, 1.807) is 12.1 Å². The Kier molecular flexibility index (Phi) is 4.86. The summed E-state index contributed by atoms with van der Waals surface area (Å²) in [6.45, 7) is 0. The van der Waals surface area contributed by atoms with Crippen molar-refractivity contribution in [1.29, 1.82) is 0 Å². The van der Waals surface area contributed by atoms with E-state index in [-0.39, 0.29) is 42.4 Å². The molecule has 0 saturated carbocycles. The minimum Gasteiger partial charge on any atom is -0.407 e. The summed E-state index contributed by atoms with van der Waals surface area (Å²) in [5, 5.41) is 10.1. The molecule has 3 amide bonds. The van der Waals surface area contributed by atoms with Crippen molar-refractivity contribution in [2.24, 2.45) is 0 Å². The van der Waals surface area contributed by atoms with E-state index in [1.165, 1.54) is 36.4 Å². The lowest BCUT2D eigenvalue weighted by Crippen LogP contribution is -2.28. The van der Waals surface area contributed by atoms with Gasteiger partial charge in [0.25, 0.3) is 5.91 Å². The van der Waals surface area contributed by atoms with Gasteiger partial charge in [-0.1, -0.05) is 17.2 Å². The van der Waals surface area contributed by atoms with Gasteiger partial charge in [-0.3, -0.25) is 24.6 Å². The Morgan fingerprint density at radius 1 is 1.00 bits per heavy atom. The van der Waals surface area contributed by atoms with E-state index < -0.39 is 5.91 Å². The fraction of sp³-hybridized carbons (Fsp3) is 0.150. The Morgan fingerprint density at radius 2 is 1.66 bits per heavy atom. The van der Waals surface area contributed by atoms with Gasteiger partial charge >= 0.3 is 6.01 Å². The van der Waals surface area contributed by atoms with Crippen LogP contribution >= 0.6 is 0 Å².